The van der Waals surface area contributed by atoms with E-state index in [1.807, 2.05) is 31.2 Å². The molecular weight excluding hydrogens is 308 g/mol. The number of rotatable bonds is 9. The molecule has 1 aromatic heterocycles. The van der Waals surface area contributed by atoms with Crippen molar-refractivity contribution in [2.24, 2.45) is 0 Å². The number of nitrogens with zero attached hydrogens (tertiary/aromatic N) is 2. The van der Waals surface area contributed by atoms with E-state index in [4.69, 9.17) is 14.2 Å². The lowest BCUT2D eigenvalue weighted by Gasteiger charge is -2.17. The molecule has 2 aromatic rings. The maximum atomic E-state index is 12.0. The minimum Gasteiger partial charge on any atom is -0.487 e. The van der Waals surface area contributed by atoms with E-state index in [0.717, 1.165) is 11.3 Å². The first-order chi connectivity index (χ1) is 11.7. The Morgan fingerprint density at radius 3 is 2.71 bits per heavy atom. The lowest BCUT2D eigenvalue weighted by Crippen LogP contribution is -2.29. The van der Waals surface area contributed by atoms with Crippen LogP contribution in [0.25, 0.3) is 0 Å². The van der Waals surface area contributed by atoms with Crippen molar-refractivity contribution in [2.75, 3.05) is 13.2 Å². The molecule has 6 heteroatoms. The van der Waals surface area contributed by atoms with Crippen LogP contribution < -0.4 is 4.74 Å². The number of carbonyl (C=O) groups excluding carboxylic acids is 1. The predicted octanol–water partition coefficient (Wildman–Crippen LogP) is 2.57. The quantitative estimate of drug-likeness (QED) is 0.658. The Labute approximate surface area is 141 Å². The number of benzene rings is 1. The molecule has 1 unspecified atom stereocenters. The van der Waals surface area contributed by atoms with Crippen molar-refractivity contribution in [3.8, 4) is 5.75 Å². The van der Waals surface area contributed by atoms with Gasteiger partial charge in [-0.15, -0.1) is 0 Å². The summed E-state index contributed by atoms with van der Waals surface area (Å²) in [5.74, 6) is 0.334. The van der Waals surface area contributed by atoms with E-state index in [2.05, 4.69) is 9.97 Å². The van der Waals surface area contributed by atoms with Gasteiger partial charge in [0, 0.05) is 25.4 Å². The minimum absolute atomic E-state index is 0.309. The maximum Gasteiger partial charge on any atom is 0.335 e. The van der Waals surface area contributed by atoms with Crippen molar-refractivity contribution in [3.63, 3.8) is 0 Å². The second-order valence-electron chi connectivity index (χ2n) is 4.99. The first-order valence-electron chi connectivity index (χ1n) is 7.98. The highest BCUT2D eigenvalue weighted by molar-refractivity contribution is 5.75. The van der Waals surface area contributed by atoms with Gasteiger partial charge in [0.15, 0.2) is 6.10 Å². The van der Waals surface area contributed by atoms with Crippen LogP contribution in [0.3, 0.4) is 0 Å². The molecule has 6 nitrogen and oxygen atoms in total. The Kier molecular flexibility index (Phi) is 7.17. The Morgan fingerprint density at radius 1 is 1.17 bits per heavy atom. The molecular formula is C18H22N2O4. The van der Waals surface area contributed by atoms with Gasteiger partial charge < -0.3 is 14.2 Å². The largest absolute Gasteiger partial charge is 0.487 e. The third-order valence-electron chi connectivity index (χ3n) is 3.29. The van der Waals surface area contributed by atoms with Crippen LogP contribution in [-0.4, -0.2) is 35.3 Å². The Morgan fingerprint density at radius 2 is 2.00 bits per heavy atom. The standard InChI is InChI=1S/C18H22N2O4/c1-3-22-17(18(21)23-4-2)11-14-7-5-6-8-16(14)24-13-15-12-19-9-10-20-15/h5-10,12,17H,3-4,11,13H2,1-2H3. The molecule has 0 aliphatic carbocycles. The highest BCUT2D eigenvalue weighted by Crippen LogP contribution is 2.22. The van der Waals surface area contributed by atoms with Gasteiger partial charge in [-0.25, -0.2) is 4.79 Å². The smallest absolute Gasteiger partial charge is 0.335 e. The lowest BCUT2D eigenvalue weighted by molar-refractivity contribution is -0.156. The molecule has 0 bridgehead atoms. The van der Waals surface area contributed by atoms with Gasteiger partial charge in [0.25, 0.3) is 0 Å². The summed E-state index contributed by atoms with van der Waals surface area (Å²) in [4.78, 5) is 20.2. The highest BCUT2D eigenvalue weighted by Gasteiger charge is 2.22. The van der Waals surface area contributed by atoms with E-state index in [9.17, 15) is 4.79 Å². The molecule has 0 radical (unpaired) electrons. The fourth-order valence-corrected chi connectivity index (χ4v) is 2.22. The number of carbonyl (C=O) groups is 1. The molecule has 0 N–H and O–H groups in total. The molecule has 0 saturated carbocycles. The van der Waals surface area contributed by atoms with Crippen LogP contribution in [0.5, 0.6) is 5.75 Å². The molecule has 2 rings (SSSR count). The van der Waals surface area contributed by atoms with E-state index in [0.29, 0.717) is 32.0 Å². The number of ether oxygens (including phenoxy) is 3. The number of hydrogen-bond donors (Lipinski definition) is 0. The van der Waals surface area contributed by atoms with E-state index >= 15 is 0 Å². The molecule has 1 aromatic carbocycles. The fraction of sp³-hybridized carbons (Fsp3) is 0.389. The van der Waals surface area contributed by atoms with Crippen LogP contribution in [0.4, 0.5) is 0 Å². The first kappa shape index (κ1) is 17.9. The molecule has 0 amide bonds. The van der Waals surface area contributed by atoms with Crippen molar-refractivity contribution in [2.45, 2.75) is 33.0 Å². The highest BCUT2D eigenvalue weighted by atomic mass is 16.6. The Bertz CT molecular complexity index is 634. The summed E-state index contributed by atoms with van der Waals surface area (Å²) in [7, 11) is 0. The summed E-state index contributed by atoms with van der Waals surface area (Å²) in [6.45, 7) is 4.70. The van der Waals surface area contributed by atoms with Gasteiger partial charge >= 0.3 is 5.97 Å². The Hall–Kier alpha value is -2.47. The number of aromatic nitrogens is 2. The summed E-state index contributed by atoms with van der Waals surface area (Å²) in [6, 6.07) is 7.56. The van der Waals surface area contributed by atoms with Crippen molar-refractivity contribution >= 4 is 5.97 Å². The van der Waals surface area contributed by atoms with E-state index < -0.39 is 6.10 Å². The monoisotopic (exact) mass is 330 g/mol. The van der Waals surface area contributed by atoms with Gasteiger partial charge in [-0.2, -0.15) is 0 Å². The lowest BCUT2D eigenvalue weighted by atomic mass is 10.1. The normalized spacial score (nSPS) is 11.8. The summed E-state index contributed by atoms with van der Waals surface area (Å²) in [5, 5.41) is 0. The molecule has 0 fully saturated rings. The van der Waals surface area contributed by atoms with Crippen LogP contribution >= 0.6 is 0 Å². The fourth-order valence-electron chi connectivity index (χ4n) is 2.22. The summed E-state index contributed by atoms with van der Waals surface area (Å²) in [5.41, 5.74) is 1.62. The van der Waals surface area contributed by atoms with Crippen molar-refractivity contribution in [1.29, 1.82) is 0 Å². The predicted molar refractivity (Wildman–Crippen MR) is 88.6 cm³/mol. The summed E-state index contributed by atoms with van der Waals surface area (Å²) >= 11 is 0. The van der Waals surface area contributed by atoms with Gasteiger partial charge in [-0.05, 0) is 25.5 Å². The van der Waals surface area contributed by atoms with Crippen LogP contribution in [-0.2, 0) is 27.3 Å². The third-order valence-corrected chi connectivity index (χ3v) is 3.29. The molecule has 24 heavy (non-hydrogen) atoms. The number of para-hydroxylation sites is 1. The second-order valence-corrected chi connectivity index (χ2v) is 4.99. The van der Waals surface area contributed by atoms with E-state index in [-0.39, 0.29) is 5.97 Å². The summed E-state index contributed by atoms with van der Waals surface area (Å²) < 4.78 is 16.4. The minimum atomic E-state index is -0.642. The molecule has 0 aliphatic rings. The topological polar surface area (TPSA) is 70.5 Å². The van der Waals surface area contributed by atoms with Crippen molar-refractivity contribution < 1.29 is 19.0 Å². The molecule has 1 atom stereocenters. The van der Waals surface area contributed by atoms with Gasteiger partial charge in [0.1, 0.15) is 12.4 Å². The van der Waals surface area contributed by atoms with Gasteiger partial charge in [0.05, 0.1) is 18.5 Å². The SMILES string of the molecule is CCOC(=O)C(Cc1ccccc1OCc1cnccn1)OCC. The zero-order valence-corrected chi connectivity index (χ0v) is 14.0. The molecule has 0 saturated heterocycles. The molecule has 128 valence electrons. The van der Waals surface area contributed by atoms with Crippen molar-refractivity contribution in [3.05, 3.63) is 54.1 Å². The average Bonchev–Trinajstić information content (AvgIpc) is 2.61. The van der Waals surface area contributed by atoms with Crippen LogP contribution in [0.15, 0.2) is 42.9 Å². The second kappa shape index (κ2) is 9.62. The van der Waals surface area contributed by atoms with E-state index in [1.165, 1.54) is 0 Å². The van der Waals surface area contributed by atoms with E-state index in [1.54, 1.807) is 25.5 Å². The number of esters is 1. The molecule has 0 aliphatic heterocycles. The van der Waals surface area contributed by atoms with Crippen molar-refractivity contribution in [1.82, 2.24) is 9.97 Å². The van der Waals surface area contributed by atoms with Gasteiger partial charge in [-0.1, -0.05) is 18.2 Å². The summed E-state index contributed by atoms with van der Waals surface area (Å²) in [6.07, 6.45) is 4.64. The van der Waals surface area contributed by atoms with Crippen LogP contribution in [0.2, 0.25) is 0 Å². The molecule has 0 spiro atoms. The maximum absolute atomic E-state index is 12.0. The zero-order chi connectivity index (χ0) is 17.2. The van der Waals surface area contributed by atoms with Gasteiger partial charge in [-0.3, -0.25) is 9.97 Å². The third kappa shape index (κ3) is 5.31. The van der Waals surface area contributed by atoms with Crippen LogP contribution in [0.1, 0.15) is 25.1 Å². The number of hydrogen-bond acceptors (Lipinski definition) is 6. The van der Waals surface area contributed by atoms with Gasteiger partial charge in [0.2, 0.25) is 0 Å². The first-order valence-corrected chi connectivity index (χ1v) is 7.98. The van der Waals surface area contributed by atoms with Crippen LogP contribution in [0, 0.1) is 0 Å². The zero-order valence-electron chi connectivity index (χ0n) is 14.0. The molecule has 1 heterocycles. The Balaban J connectivity index is 2.07. The average molecular weight is 330 g/mol.